The first kappa shape index (κ1) is 12.2. The van der Waals surface area contributed by atoms with Crippen LogP contribution in [0.4, 0.5) is 16.2 Å². The maximum absolute atomic E-state index is 11.9. The summed E-state index contributed by atoms with van der Waals surface area (Å²) < 4.78 is 0. The quantitative estimate of drug-likeness (QED) is 0.668. The van der Waals surface area contributed by atoms with Crippen molar-refractivity contribution < 1.29 is 9.59 Å². The average Bonchev–Trinajstić information content (AvgIpc) is 2.78. The molecule has 1 aromatic rings. The minimum Gasteiger partial charge on any atom is -0.399 e. The van der Waals surface area contributed by atoms with Gasteiger partial charge in [0, 0.05) is 24.5 Å². The molecule has 0 saturated carbocycles. The third-order valence-corrected chi connectivity index (χ3v) is 3.02. The largest absolute Gasteiger partial charge is 0.399 e. The predicted octanol–water partition coefficient (Wildman–Crippen LogP) is 0.608. The molecule has 1 saturated heterocycles. The van der Waals surface area contributed by atoms with Gasteiger partial charge in [-0.1, -0.05) is 6.07 Å². The van der Waals surface area contributed by atoms with Crippen LogP contribution in [0, 0.1) is 5.92 Å². The minimum absolute atomic E-state index is 0.232. The number of nitrogens with one attached hydrogen (secondary N) is 1. The number of carbonyl (C=O) groups excluding carboxylic acids is 2. The van der Waals surface area contributed by atoms with Crippen LogP contribution in [0.1, 0.15) is 6.42 Å². The van der Waals surface area contributed by atoms with E-state index in [2.05, 4.69) is 5.32 Å². The molecule has 0 radical (unpaired) electrons. The number of urea groups is 1. The van der Waals surface area contributed by atoms with Crippen LogP contribution in [0.2, 0.25) is 0 Å². The SMILES string of the molecule is NC(=O)C1CCN(C(=O)Nc2cccc(N)c2)C1. The lowest BCUT2D eigenvalue weighted by atomic mass is 10.1. The number of benzene rings is 1. The van der Waals surface area contributed by atoms with Gasteiger partial charge in [-0.05, 0) is 24.6 Å². The Kier molecular flexibility index (Phi) is 3.36. The van der Waals surface area contributed by atoms with Gasteiger partial charge < -0.3 is 21.7 Å². The van der Waals surface area contributed by atoms with Crippen molar-refractivity contribution in [3.63, 3.8) is 0 Å². The summed E-state index contributed by atoms with van der Waals surface area (Å²) in [5.74, 6) is -0.592. The molecule has 2 rings (SSSR count). The average molecular weight is 248 g/mol. The van der Waals surface area contributed by atoms with E-state index in [1.807, 2.05) is 0 Å². The standard InChI is InChI=1S/C12H16N4O2/c13-9-2-1-3-10(6-9)15-12(18)16-5-4-8(7-16)11(14)17/h1-3,6,8H,4-5,7,13H2,(H2,14,17)(H,15,18). The van der Waals surface area contributed by atoms with Gasteiger partial charge in [0.15, 0.2) is 0 Å². The normalized spacial score (nSPS) is 18.7. The van der Waals surface area contributed by atoms with E-state index in [9.17, 15) is 9.59 Å². The van der Waals surface area contributed by atoms with Crippen molar-refractivity contribution in [3.8, 4) is 0 Å². The van der Waals surface area contributed by atoms with Gasteiger partial charge in [-0.15, -0.1) is 0 Å². The number of hydrogen-bond acceptors (Lipinski definition) is 3. The Morgan fingerprint density at radius 1 is 1.39 bits per heavy atom. The van der Waals surface area contributed by atoms with E-state index in [1.165, 1.54) is 0 Å². The lowest BCUT2D eigenvalue weighted by Gasteiger charge is -2.17. The molecule has 0 aliphatic carbocycles. The third-order valence-electron chi connectivity index (χ3n) is 3.02. The minimum atomic E-state index is -0.353. The second kappa shape index (κ2) is 4.95. The molecule has 18 heavy (non-hydrogen) atoms. The maximum Gasteiger partial charge on any atom is 0.321 e. The van der Waals surface area contributed by atoms with E-state index in [0.29, 0.717) is 30.9 Å². The number of carbonyl (C=O) groups is 2. The smallest absolute Gasteiger partial charge is 0.321 e. The van der Waals surface area contributed by atoms with Crippen LogP contribution < -0.4 is 16.8 Å². The molecule has 0 bridgehead atoms. The Labute approximate surface area is 105 Å². The fourth-order valence-electron chi connectivity index (χ4n) is 2.00. The van der Waals surface area contributed by atoms with Crippen molar-refractivity contribution in [2.24, 2.45) is 11.7 Å². The first-order valence-corrected chi connectivity index (χ1v) is 5.77. The summed E-state index contributed by atoms with van der Waals surface area (Å²) in [6, 6.07) is 6.72. The van der Waals surface area contributed by atoms with E-state index in [4.69, 9.17) is 11.5 Å². The third kappa shape index (κ3) is 2.71. The fourth-order valence-corrected chi connectivity index (χ4v) is 2.00. The number of nitrogens with zero attached hydrogens (tertiary/aromatic N) is 1. The van der Waals surface area contributed by atoms with Crippen LogP contribution in [0.5, 0.6) is 0 Å². The van der Waals surface area contributed by atoms with Gasteiger partial charge in [0.25, 0.3) is 0 Å². The number of primary amides is 1. The van der Waals surface area contributed by atoms with Crippen LogP contribution in [0.3, 0.4) is 0 Å². The lowest BCUT2D eigenvalue weighted by molar-refractivity contribution is -0.121. The Bertz CT molecular complexity index is 475. The molecule has 1 fully saturated rings. The molecule has 96 valence electrons. The molecule has 6 nitrogen and oxygen atoms in total. The summed E-state index contributed by atoms with van der Waals surface area (Å²) in [6.45, 7) is 0.922. The van der Waals surface area contributed by atoms with E-state index in [-0.39, 0.29) is 17.9 Å². The van der Waals surface area contributed by atoms with Crippen molar-refractivity contribution in [1.82, 2.24) is 4.90 Å². The first-order chi connectivity index (χ1) is 8.56. The van der Waals surface area contributed by atoms with E-state index < -0.39 is 0 Å². The Morgan fingerprint density at radius 3 is 2.78 bits per heavy atom. The zero-order valence-electron chi connectivity index (χ0n) is 9.93. The highest BCUT2D eigenvalue weighted by atomic mass is 16.2. The summed E-state index contributed by atoms with van der Waals surface area (Å²) in [4.78, 5) is 24.5. The van der Waals surface area contributed by atoms with Crippen molar-refractivity contribution >= 4 is 23.3 Å². The summed E-state index contributed by atoms with van der Waals surface area (Å²) in [7, 11) is 0. The molecule has 1 heterocycles. The number of nitrogens with two attached hydrogens (primary N) is 2. The molecule has 0 spiro atoms. The number of hydrogen-bond donors (Lipinski definition) is 3. The maximum atomic E-state index is 11.9. The monoisotopic (exact) mass is 248 g/mol. The van der Waals surface area contributed by atoms with Gasteiger partial charge in [-0.25, -0.2) is 4.79 Å². The molecule has 1 aliphatic rings. The Balaban J connectivity index is 1.95. The van der Waals surface area contributed by atoms with Crippen LogP contribution in [0.25, 0.3) is 0 Å². The van der Waals surface area contributed by atoms with Gasteiger partial charge in [0.05, 0.1) is 5.92 Å². The van der Waals surface area contributed by atoms with Crippen LogP contribution >= 0.6 is 0 Å². The molecule has 0 aromatic heterocycles. The van der Waals surface area contributed by atoms with Crippen molar-refractivity contribution in [1.29, 1.82) is 0 Å². The number of anilines is 2. The lowest BCUT2D eigenvalue weighted by Crippen LogP contribution is -2.34. The molecule has 3 amide bonds. The van der Waals surface area contributed by atoms with Gasteiger partial charge in [-0.2, -0.15) is 0 Å². The second-order valence-corrected chi connectivity index (χ2v) is 4.39. The van der Waals surface area contributed by atoms with Crippen molar-refractivity contribution in [2.75, 3.05) is 24.1 Å². The first-order valence-electron chi connectivity index (χ1n) is 5.77. The van der Waals surface area contributed by atoms with Crippen molar-refractivity contribution in [2.45, 2.75) is 6.42 Å². The highest BCUT2D eigenvalue weighted by molar-refractivity contribution is 5.90. The van der Waals surface area contributed by atoms with Crippen LogP contribution in [-0.2, 0) is 4.79 Å². The zero-order chi connectivity index (χ0) is 13.1. The highest BCUT2D eigenvalue weighted by Crippen LogP contribution is 2.18. The van der Waals surface area contributed by atoms with Crippen molar-refractivity contribution in [3.05, 3.63) is 24.3 Å². The van der Waals surface area contributed by atoms with Crippen LogP contribution in [-0.4, -0.2) is 29.9 Å². The van der Waals surface area contributed by atoms with Gasteiger partial charge in [0.1, 0.15) is 0 Å². The molecule has 1 atom stereocenters. The van der Waals surface area contributed by atoms with E-state index in [1.54, 1.807) is 29.2 Å². The topological polar surface area (TPSA) is 101 Å². The zero-order valence-corrected chi connectivity index (χ0v) is 9.93. The summed E-state index contributed by atoms with van der Waals surface area (Å²) >= 11 is 0. The summed E-state index contributed by atoms with van der Waals surface area (Å²) in [6.07, 6.45) is 0.625. The van der Waals surface area contributed by atoms with Crippen LogP contribution in [0.15, 0.2) is 24.3 Å². The van der Waals surface area contributed by atoms with E-state index >= 15 is 0 Å². The predicted molar refractivity (Wildman–Crippen MR) is 68.7 cm³/mol. The van der Waals surface area contributed by atoms with E-state index in [0.717, 1.165) is 0 Å². The molecule has 1 aliphatic heterocycles. The summed E-state index contributed by atoms with van der Waals surface area (Å²) in [5.41, 5.74) is 12.1. The summed E-state index contributed by atoms with van der Waals surface area (Å²) in [5, 5.41) is 2.74. The fraction of sp³-hybridized carbons (Fsp3) is 0.333. The highest BCUT2D eigenvalue weighted by Gasteiger charge is 2.29. The van der Waals surface area contributed by atoms with Gasteiger partial charge in [0.2, 0.25) is 5.91 Å². The number of rotatable bonds is 2. The Morgan fingerprint density at radius 2 is 2.17 bits per heavy atom. The number of nitrogen functional groups attached to an aromatic ring is 1. The molecular formula is C12H16N4O2. The number of amides is 3. The van der Waals surface area contributed by atoms with Gasteiger partial charge >= 0.3 is 6.03 Å². The molecule has 6 heteroatoms. The molecule has 1 unspecified atom stereocenters. The molecule has 5 N–H and O–H groups in total. The molecular weight excluding hydrogens is 232 g/mol. The Hall–Kier alpha value is -2.24. The van der Waals surface area contributed by atoms with Gasteiger partial charge in [-0.3, -0.25) is 4.79 Å². The second-order valence-electron chi connectivity index (χ2n) is 4.39. The number of likely N-dealkylation sites (tertiary alicyclic amines) is 1. The molecule has 1 aromatic carbocycles.